The van der Waals surface area contributed by atoms with E-state index in [-0.39, 0.29) is 17.2 Å². The molecule has 1 unspecified atom stereocenters. The van der Waals surface area contributed by atoms with E-state index in [9.17, 15) is 22.7 Å². The van der Waals surface area contributed by atoms with Gasteiger partial charge in [0, 0.05) is 29.1 Å². The average Bonchev–Trinajstić information content (AvgIpc) is 3.33. The maximum Gasteiger partial charge on any atom is 0.418 e. The zero-order valence-corrected chi connectivity index (χ0v) is 16.1. The highest BCUT2D eigenvalue weighted by Crippen LogP contribution is 2.37. The van der Waals surface area contributed by atoms with E-state index in [1.807, 2.05) is 0 Å². The summed E-state index contributed by atoms with van der Waals surface area (Å²) in [6, 6.07) is 5.82. The predicted molar refractivity (Wildman–Crippen MR) is 100 cm³/mol. The summed E-state index contributed by atoms with van der Waals surface area (Å²) >= 11 is 0. The molecule has 0 fully saturated rings. The number of rotatable bonds is 5. The second-order valence-corrected chi connectivity index (χ2v) is 6.97. The largest absolute Gasteiger partial charge is 0.418 e. The molecule has 0 spiro atoms. The summed E-state index contributed by atoms with van der Waals surface area (Å²) in [6.45, 7) is 1.68. The number of H-pyrrole nitrogens is 1. The SMILES string of the molecule is Cc1cc(Nc2nc(C(F)(F)c3ccc(F)cc3)nn3cc(C(O)C(F)(F)F)cc23)n[nH]1. The van der Waals surface area contributed by atoms with Crippen molar-refractivity contribution in [2.24, 2.45) is 0 Å². The van der Waals surface area contributed by atoms with Gasteiger partial charge in [0.2, 0.25) is 5.82 Å². The Hall–Kier alpha value is -3.61. The lowest BCUT2D eigenvalue weighted by Crippen LogP contribution is -2.21. The molecule has 0 amide bonds. The zero-order valence-electron chi connectivity index (χ0n) is 16.1. The molecule has 168 valence electrons. The van der Waals surface area contributed by atoms with Crippen molar-refractivity contribution in [1.29, 1.82) is 0 Å². The van der Waals surface area contributed by atoms with E-state index in [4.69, 9.17) is 0 Å². The lowest BCUT2D eigenvalue weighted by atomic mass is 10.1. The predicted octanol–water partition coefficient (Wildman–Crippen LogP) is 4.38. The molecule has 3 N–H and O–H groups in total. The minimum atomic E-state index is -4.98. The molecule has 0 aliphatic carbocycles. The summed E-state index contributed by atoms with van der Waals surface area (Å²) in [7, 11) is 0. The summed E-state index contributed by atoms with van der Waals surface area (Å²) in [4.78, 5) is 3.81. The molecule has 0 aliphatic rings. The number of aliphatic hydroxyl groups excluding tert-OH is 1. The van der Waals surface area contributed by atoms with Crippen LogP contribution in [0.5, 0.6) is 0 Å². The number of aliphatic hydroxyl groups is 1. The highest BCUT2D eigenvalue weighted by atomic mass is 19.4. The van der Waals surface area contributed by atoms with Gasteiger partial charge in [-0.3, -0.25) is 5.10 Å². The number of anilines is 2. The van der Waals surface area contributed by atoms with E-state index in [1.165, 1.54) is 6.07 Å². The van der Waals surface area contributed by atoms with Crippen LogP contribution >= 0.6 is 0 Å². The molecule has 0 saturated heterocycles. The van der Waals surface area contributed by atoms with Gasteiger partial charge in [-0.2, -0.15) is 27.1 Å². The van der Waals surface area contributed by atoms with Crippen LogP contribution in [0.25, 0.3) is 5.52 Å². The number of fused-ring (bicyclic) bond motifs is 1. The smallest absolute Gasteiger partial charge is 0.379 e. The Morgan fingerprint density at radius 2 is 1.78 bits per heavy atom. The van der Waals surface area contributed by atoms with Crippen molar-refractivity contribution in [3.8, 4) is 0 Å². The van der Waals surface area contributed by atoms with Crippen molar-refractivity contribution >= 4 is 17.2 Å². The van der Waals surface area contributed by atoms with Crippen LogP contribution in [0, 0.1) is 12.7 Å². The Bertz CT molecular complexity index is 1260. The number of aryl methyl sites for hydroxylation is 1. The molecule has 0 aliphatic heterocycles. The molecule has 4 rings (SSSR count). The van der Waals surface area contributed by atoms with Gasteiger partial charge in [-0.25, -0.2) is 13.9 Å². The number of aromatic nitrogens is 5. The van der Waals surface area contributed by atoms with E-state index < -0.39 is 41.0 Å². The molecule has 0 saturated carbocycles. The van der Waals surface area contributed by atoms with E-state index >= 15 is 8.78 Å². The molecule has 4 aromatic rings. The van der Waals surface area contributed by atoms with E-state index in [0.29, 0.717) is 5.69 Å². The van der Waals surface area contributed by atoms with Crippen LogP contribution in [-0.4, -0.2) is 36.1 Å². The lowest BCUT2D eigenvalue weighted by molar-refractivity contribution is -0.206. The zero-order chi connectivity index (χ0) is 23.3. The summed E-state index contributed by atoms with van der Waals surface area (Å²) < 4.78 is 83.0. The van der Waals surface area contributed by atoms with Crippen molar-refractivity contribution in [3.63, 3.8) is 0 Å². The Morgan fingerprint density at radius 1 is 1.09 bits per heavy atom. The van der Waals surface area contributed by atoms with Crippen LogP contribution in [0.3, 0.4) is 0 Å². The lowest BCUT2D eigenvalue weighted by Gasteiger charge is -2.16. The van der Waals surface area contributed by atoms with Gasteiger partial charge in [0.1, 0.15) is 11.3 Å². The maximum atomic E-state index is 15.1. The monoisotopic (exact) mass is 456 g/mol. The molecule has 13 heteroatoms. The molecule has 1 aromatic carbocycles. The second kappa shape index (κ2) is 7.51. The first kappa shape index (κ1) is 21.6. The number of hydrogen-bond acceptors (Lipinski definition) is 5. The number of benzene rings is 1. The third kappa shape index (κ3) is 3.98. The second-order valence-electron chi connectivity index (χ2n) is 6.97. The third-order valence-corrected chi connectivity index (χ3v) is 4.55. The van der Waals surface area contributed by atoms with Crippen molar-refractivity contribution < 1.29 is 31.4 Å². The van der Waals surface area contributed by atoms with Gasteiger partial charge < -0.3 is 10.4 Å². The molecule has 32 heavy (non-hydrogen) atoms. The summed E-state index contributed by atoms with van der Waals surface area (Å²) in [6.07, 6.45) is -7.06. The number of hydrogen-bond donors (Lipinski definition) is 3. The van der Waals surface area contributed by atoms with Gasteiger partial charge in [0.25, 0.3) is 0 Å². The highest BCUT2D eigenvalue weighted by molar-refractivity contribution is 5.73. The first-order valence-corrected chi connectivity index (χ1v) is 9.03. The standard InChI is InChI=1S/C19H14F6N6O/c1-9-6-14(29-28-9)26-16-13-7-10(15(32)19(23,24)25)8-31(13)30-17(27-16)18(21,22)11-2-4-12(20)5-3-11/h2-8,15,32H,1H3,(H2,26,27,28,29,30). The quantitative estimate of drug-likeness (QED) is 0.388. The molecule has 3 heterocycles. The van der Waals surface area contributed by atoms with Crippen LogP contribution in [0.2, 0.25) is 0 Å². The van der Waals surface area contributed by atoms with Gasteiger partial charge in [-0.15, -0.1) is 5.10 Å². The van der Waals surface area contributed by atoms with Crippen molar-refractivity contribution in [2.45, 2.75) is 25.1 Å². The Balaban J connectivity index is 1.87. The number of alkyl halides is 5. The van der Waals surface area contributed by atoms with Crippen molar-refractivity contribution in [1.82, 2.24) is 24.8 Å². The number of halogens is 6. The minimum absolute atomic E-state index is 0.109. The molecule has 0 bridgehead atoms. The van der Waals surface area contributed by atoms with E-state index in [0.717, 1.165) is 41.0 Å². The fraction of sp³-hybridized carbons (Fsp3) is 0.211. The van der Waals surface area contributed by atoms with Crippen LogP contribution in [-0.2, 0) is 5.92 Å². The highest BCUT2D eigenvalue weighted by Gasteiger charge is 2.41. The van der Waals surface area contributed by atoms with Crippen molar-refractivity contribution in [3.05, 3.63) is 71.1 Å². The Kier molecular flexibility index (Phi) is 5.07. The van der Waals surface area contributed by atoms with Crippen LogP contribution in [0.4, 0.5) is 38.0 Å². The number of nitrogens with zero attached hydrogens (tertiary/aromatic N) is 4. The van der Waals surface area contributed by atoms with Gasteiger partial charge in [0.15, 0.2) is 17.7 Å². The number of nitrogens with one attached hydrogen (secondary N) is 2. The minimum Gasteiger partial charge on any atom is -0.379 e. The average molecular weight is 456 g/mol. The molecule has 0 radical (unpaired) electrons. The summed E-state index contributed by atoms with van der Waals surface area (Å²) in [5.41, 5.74) is -0.724. The van der Waals surface area contributed by atoms with Gasteiger partial charge in [-0.05, 0) is 37.3 Å². The topological polar surface area (TPSA) is 91.1 Å². The summed E-state index contributed by atoms with van der Waals surface area (Å²) in [5.74, 6) is -5.71. The fourth-order valence-electron chi connectivity index (χ4n) is 2.97. The van der Waals surface area contributed by atoms with E-state index in [2.05, 4.69) is 25.6 Å². The van der Waals surface area contributed by atoms with Gasteiger partial charge in [0.05, 0.1) is 0 Å². The van der Waals surface area contributed by atoms with Gasteiger partial charge >= 0.3 is 12.1 Å². The van der Waals surface area contributed by atoms with Crippen LogP contribution in [0.1, 0.15) is 28.7 Å². The van der Waals surface area contributed by atoms with Gasteiger partial charge in [-0.1, -0.05) is 0 Å². The molecule has 3 aromatic heterocycles. The molecular formula is C19H14F6N6O. The third-order valence-electron chi connectivity index (χ3n) is 4.55. The van der Waals surface area contributed by atoms with Crippen LogP contribution in [0.15, 0.2) is 42.6 Å². The maximum absolute atomic E-state index is 15.1. The normalized spacial score (nSPS) is 13.5. The first-order chi connectivity index (χ1) is 14.9. The van der Waals surface area contributed by atoms with E-state index in [1.54, 1.807) is 6.92 Å². The Morgan fingerprint density at radius 3 is 2.38 bits per heavy atom. The van der Waals surface area contributed by atoms with Crippen LogP contribution < -0.4 is 5.32 Å². The summed E-state index contributed by atoms with van der Waals surface area (Å²) in [5, 5.41) is 22.4. The molecule has 1 atom stereocenters. The Labute approximate surface area is 175 Å². The van der Waals surface area contributed by atoms with Crippen molar-refractivity contribution in [2.75, 3.05) is 5.32 Å². The first-order valence-electron chi connectivity index (χ1n) is 9.03. The number of aromatic amines is 1. The fourth-order valence-corrected chi connectivity index (χ4v) is 2.97. The molecule has 7 nitrogen and oxygen atoms in total. The molecular weight excluding hydrogens is 442 g/mol.